The Morgan fingerprint density at radius 2 is 2.31 bits per heavy atom. The standard InChI is InChI=1S/C11H11BrClNO2/c12-8-1-2-10(13)7(3-8)5-14-6-9(15)4-11(14)16/h1-3,9,15H,4-6H2. The quantitative estimate of drug-likeness (QED) is 0.910. The molecule has 1 aromatic carbocycles. The number of β-amino-alcohol motifs (C(OH)–C–C–N with tert-alkyl or cyclic N) is 1. The smallest absolute Gasteiger partial charge is 0.225 e. The van der Waals surface area contributed by atoms with E-state index in [4.69, 9.17) is 11.6 Å². The fraction of sp³-hybridized carbons (Fsp3) is 0.364. The van der Waals surface area contributed by atoms with Gasteiger partial charge in [-0.05, 0) is 23.8 Å². The summed E-state index contributed by atoms with van der Waals surface area (Å²) in [6.07, 6.45) is -0.329. The van der Waals surface area contributed by atoms with Gasteiger partial charge in [0.25, 0.3) is 0 Å². The Labute approximate surface area is 107 Å². The molecule has 1 atom stereocenters. The number of aliphatic hydroxyl groups is 1. The maximum absolute atomic E-state index is 11.5. The van der Waals surface area contributed by atoms with Crippen LogP contribution in [0.4, 0.5) is 0 Å². The highest BCUT2D eigenvalue weighted by atomic mass is 79.9. The summed E-state index contributed by atoms with van der Waals surface area (Å²) in [5, 5.41) is 10.0. The summed E-state index contributed by atoms with van der Waals surface area (Å²) in [5.41, 5.74) is 0.887. The molecule has 3 nitrogen and oxygen atoms in total. The molecular weight excluding hydrogens is 293 g/mol. The number of carbonyl (C=O) groups is 1. The van der Waals surface area contributed by atoms with Gasteiger partial charge in [-0.1, -0.05) is 27.5 Å². The maximum Gasteiger partial charge on any atom is 0.225 e. The second-order valence-electron chi connectivity index (χ2n) is 3.87. The van der Waals surface area contributed by atoms with Crippen LogP contribution >= 0.6 is 27.5 Å². The molecule has 1 heterocycles. The zero-order chi connectivity index (χ0) is 11.7. The molecule has 86 valence electrons. The van der Waals surface area contributed by atoms with E-state index in [0.29, 0.717) is 18.1 Å². The molecule has 1 N–H and O–H groups in total. The van der Waals surface area contributed by atoms with Crippen molar-refractivity contribution in [1.29, 1.82) is 0 Å². The van der Waals surface area contributed by atoms with Crippen molar-refractivity contribution < 1.29 is 9.90 Å². The van der Waals surface area contributed by atoms with Crippen molar-refractivity contribution >= 4 is 33.4 Å². The Morgan fingerprint density at radius 3 is 2.94 bits per heavy atom. The first kappa shape index (κ1) is 11.9. The number of halogens is 2. The summed E-state index contributed by atoms with van der Waals surface area (Å²) in [5.74, 6) is -0.0245. The number of benzene rings is 1. The number of carbonyl (C=O) groups excluding carboxylic acids is 1. The van der Waals surface area contributed by atoms with Crippen molar-refractivity contribution in [3.8, 4) is 0 Å². The third kappa shape index (κ3) is 2.56. The number of rotatable bonds is 2. The number of nitrogens with zero attached hydrogens (tertiary/aromatic N) is 1. The molecule has 1 unspecified atom stereocenters. The maximum atomic E-state index is 11.5. The number of hydrogen-bond donors (Lipinski definition) is 1. The van der Waals surface area contributed by atoms with Gasteiger partial charge in [-0.3, -0.25) is 4.79 Å². The molecule has 1 saturated heterocycles. The summed E-state index contributed by atoms with van der Waals surface area (Å²) in [6, 6.07) is 5.53. The summed E-state index contributed by atoms with van der Waals surface area (Å²) < 4.78 is 0.930. The van der Waals surface area contributed by atoms with Crippen molar-refractivity contribution in [1.82, 2.24) is 4.90 Å². The predicted octanol–water partition coefficient (Wildman–Crippen LogP) is 2.20. The number of amides is 1. The van der Waals surface area contributed by atoms with E-state index >= 15 is 0 Å². The predicted molar refractivity (Wildman–Crippen MR) is 65.2 cm³/mol. The lowest BCUT2D eigenvalue weighted by atomic mass is 10.2. The van der Waals surface area contributed by atoms with E-state index in [-0.39, 0.29) is 12.3 Å². The molecular formula is C11H11BrClNO2. The van der Waals surface area contributed by atoms with Crippen LogP contribution in [-0.2, 0) is 11.3 Å². The zero-order valence-corrected chi connectivity index (χ0v) is 10.8. The van der Waals surface area contributed by atoms with Crippen LogP contribution in [0.2, 0.25) is 5.02 Å². The SMILES string of the molecule is O=C1CC(O)CN1Cc1cc(Br)ccc1Cl. The van der Waals surface area contributed by atoms with Gasteiger partial charge in [0.2, 0.25) is 5.91 Å². The minimum absolute atomic E-state index is 0.0245. The van der Waals surface area contributed by atoms with Gasteiger partial charge in [-0.15, -0.1) is 0 Å². The molecule has 1 fully saturated rings. The van der Waals surface area contributed by atoms with Gasteiger partial charge in [0.1, 0.15) is 0 Å². The van der Waals surface area contributed by atoms with E-state index in [1.54, 1.807) is 11.0 Å². The molecule has 5 heteroatoms. The molecule has 0 saturated carbocycles. The van der Waals surface area contributed by atoms with Gasteiger partial charge >= 0.3 is 0 Å². The van der Waals surface area contributed by atoms with Crippen LogP contribution < -0.4 is 0 Å². The second kappa shape index (κ2) is 4.73. The van der Waals surface area contributed by atoms with Gasteiger partial charge in [-0.25, -0.2) is 0 Å². The summed E-state index contributed by atoms with van der Waals surface area (Å²) in [4.78, 5) is 13.1. The molecule has 0 spiro atoms. The van der Waals surface area contributed by atoms with E-state index in [2.05, 4.69) is 15.9 Å². The number of aliphatic hydroxyl groups excluding tert-OH is 1. The van der Waals surface area contributed by atoms with Crippen molar-refractivity contribution in [3.63, 3.8) is 0 Å². The molecule has 16 heavy (non-hydrogen) atoms. The molecule has 0 aromatic heterocycles. The topological polar surface area (TPSA) is 40.5 Å². The molecule has 1 aromatic rings. The van der Waals surface area contributed by atoms with Crippen LogP contribution in [0.25, 0.3) is 0 Å². The minimum Gasteiger partial charge on any atom is -0.391 e. The average Bonchev–Trinajstić information content (AvgIpc) is 2.51. The van der Waals surface area contributed by atoms with E-state index in [1.807, 2.05) is 12.1 Å². The van der Waals surface area contributed by atoms with Crippen LogP contribution in [0.3, 0.4) is 0 Å². The van der Waals surface area contributed by atoms with Crippen LogP contribution in [0.5, 0.6) is 0 Å². The Morgan fingerprint density at radius 1 is 1.56 bits per heavy atom. The van der Waals surface area contributed by atoms with E-state index in [0.717, 1.165) is 10.0 Å². The van der Waals surface area contributed by atoms with Crippen LogP contribution in [0.1, 0.15) is 12.0 Å². The summed E-state index contributed by atoms with van der Waals surface area (Å²) in [7, 11) is 0. The molecule has 0 aliphatic carbocycles. The molecule has 0 bridgehead atoms. The highest BCUT2D eigenvalue weighted by Gasteiger charge is 2.28. The average molecular weight is 305 g/mol. The highest BCUT2D eigenvalue weighted by molar-refractivity contribution is 9.10. The lowest BCUT2D eigenvalue weighted by Gasteiger charge is -2.16. The molecule has 1 amide bonds. The Kier molecular flexibility index (Phi) is 3.52. The van der Waals surface area contributed by atoms with Gasteiger partial charge in [-0.2, -0.15) is 0 Å². The van der Waals surface area contributed by atoms with E-state index in [1.165, 1.54) is 0 Å². The third-order valence-corrected chi connectivity index (χ3v) is 3.43. The Balaban J connectivity index is 2.15. The minimum atomic E-state index is -0.543. The van der Waals surface area contributed by atoms with Crippen LogP contribution in [-0.4, -0.2) is 28.6 Å². The van der Waals surface area contributed by atoms with Gasteiger partial charge in [0.05, 0.1) is 12.5 Å². The van der Waals surface area contributed by atoms with Crippen molar-refractivity contribution in [2.24, 2.45) is 0 Å². The van der Waals surface area contributed by atoms with Gasteiger partial charge in [0, 0.05) is 22.6 Å². The largest absolute Gasteiger partial charge is 0.391 e. The highest BCUT2D eigenvalue weighted by Crippen LogP contribution is 2.24. The van der Waals surface area contributed by atoms with E-state index < -0.39 is 6.10 Å². The van der Waals surface area contributed by atoms with Gasteiger partial charge in [0.15, 0.2) is 0 Å². The monoisotopic (exact) mass is 303 g/mol. The molecule has 2 rings (SSSR count). The lowest BCUT2D eigenvalue weighted by Crippen LogP contribution is -2.25. The van der Waals surface area contributed by atoms with Crippen molar-refractivity contribution in [2.45, 2.75) is 19.1 Å². The second-order valence-corrected chi connectivity index (χ2v) is 5.19. The lowest BCUT2D eigenvalue weighted by molar-refractivity contribution is -0.128. The normalized spacial score (nSPS) is 20.6. The fourth-order valence-electron chi connectivity index (χ4n) is 1.77. The van der Waals surface area contributed by atoms with Crippen molar-refractivity contribution in [2.75, 3.05) is 6.54 Å². The zero-order valence-electron chi connectivity index (χ0n) is 8.49. The molecule has 1 aliphatic rings. The molecule has 0 radical (unpaired) electrons. The molecule has 1 aliphatic heterocycles. The Hall–Kier alpha value is -0.580. The van der Waals surface area contributed by atoms with Crippen molar-refractivity contribution in [3.05, 3.63) is 33.3 Å². The first-order valence-corrected chi connectivity index (χ1v) is 6.13. The van der Waals surface area contributed by atoms with Crippen LogP contribution in [0, 0.1) is 0 Å². The fourth-order valence-corrected chi connectivity index (χ4v) is 2.36. The van der Waals surface area contributed by atoms with Gasteiger partial charge < -0.3 is 10.0 Å². The summed E-state index contributed by atoms with van der Waals surface area (Å²) >= 11 is 9.40. The third-order valence-electron chi connectivity index (χ3n) is 2.56. The van der Waals surface area contributed by atoms with E-state index in [9.17, 15) is 9.90 Å². The Bertz CT molecular complexity index is 424. The number of likely N-dealkylation sites (tertiary alicyclic amines) is 1. The summed E-state index contributed by atoms with van der Waals surface area (Å²) in [6.45, 7) is 0.843. The number of hydrogen-bond acceptors (Lipinski definition) is 2. The first-order valence-electron chi connectivity index (χ1n) is 4.96. The first-order chi connectivity index (χ1) is 7.56. The van der Waals surface area contributed by atoms with Crippen LogP contribution in [0.15, 0.2) is 22.7 Å².